The minimum atomic E-state index is 0.589. The zero-order valence-corrected chi connectivity index (χ0v) is 11.5. The van der Waals surface area contributed by atoms with E-state index in [1.165, 1.54) is 5.13 Å². The highest BCUT2D eigenvalue weighted by Gasteiger charge is 2.17. The zero-order valence-electron chi connectivity index (χ0n) is 10.7. The Bertz CT molecular complexity index is 304. The summed E-state index contributed by atoms with van der Waals surface area (Å²) in [6.45, 7) is 11.2. The van der Waals surface area contributed by atoms with Crippen LogP contribution >= 0.6 is 11.3 Å². The van der Waals surface area contributed by atoms with Gasteiger partial charge in [-0.3, -0.25) is 4.90 Å². The lowest BCUT2D eigenvalue weighted by Crippen LogP contribution is -2.48. The molecule has 2 heterocycles. The summed E-state index contributed by atoms with van der Waals surface area (Å²) < 4.78 is 0. The van der Waals surface area contributed by atoms with Gasteiger partial charge in [0.25, 0.3) is 0 Å². The highest BCUT2D eigenvalue weighted by molar-refractivity contribution is 7.13. The van der Waals surface area contributed by atoms with Gasteiger partial charge < -0.3 is 10.2 Å². The van der Waals surface area contributed by atoms with E-state index in [1.54, 1.807) is 11.3 Å². The Balaban J connectivity index is 1.68. The van der Waals surface area contributed by atoms with E-state index in [1.807, 2.05) is 11.6 Å². The first-order valence-corrected chi connectivity index (χ1v) is 7.24. The highest BCUT2D eigenvalue weighted by Crippen LogP contribution is 2.18. The Morgan fingerprint density at radius 2 is 2.12 bits per heavy atom. The molecule has 2 rings (SSSR count). The molecule has 0 atom stereocenters. The molecular weight excluding hydrogens is 232 g/mol. The van der Waals surface area contributed by atoms with Crippen molar-refractivity contribution in [2.75, 3.05) is 44.2 Å². The van der Waals surface area contributed by atoms with Gasteiger partial charge in [-0.15, -0.1) is 11.3 Å². The van der Waals surface area contributed by atoms with Gasteiger partial charge in [0.15, 0.2) is 5.13 Å². The van der Waals surface area contributed by atoms with Crippen molar-refractivity contribution in [2.45, 2.75) is 19.9 Å². The maximum atomic E-state index is 4.36. The van der Waals surface area contributed by atoms with Gasteiger partial charge in [0.1, 0.15) is 0 Å². The van der Waals surface area contributed by atoms with E-state index >= 15 is 0 Å². The second kappa shape index (κ2) is 6.33. The van der Waals surface area contributed by atoms with Crippen LogP contribution < -0.4 is 10.2 Å². The molecule has 1 aromatic rings. The summed E-state index contributed by atoms with van der Waals surface area (Å²) in [6.07, 6.45) is 1.89. The molecule has 4 nitrogen and oxygen atoms in total. The number of hydrogen-bond acceptors (Lipinski definition) is 5. The van der Waals surface area contributed by atoms with Gasteiger partial charge in [0, 0.05) is 56.9 Å². The monoisotopic (exact) mass is 254 g/mol. The molecule has 0 spiro atoms. The van der Waals surface area contributed by atoms with Crippen molar-refractivity contribution in [3.8, 4) is 0 Å². The smallest absolute Gasteiger partial charge is 0.185 e. The molecule has 17 heavy (non-hydrogen) atoms. The van der Waals surface area contributed by atoms with E-state index < -0.39 is 0 Å². The number of anilines is 1. The molecule has 1 N–H and O–H groups in total. The predicted octanol–water partition coefficient (Wildman–Crippen LogP) is 1.26. The lowest BCUT2D eigenvalue weighted by atomic mass is 10.3. The molecule has 0 bridgehead atoms. The van der Waals surface area contributed by atoms with Crippen LogP contribution in [0, 0.1) is 0 Å². The maximum Gasteiger partial charge on any atom is 0.185 e. The van der Waals surface area contributed by atoms with Crippen LogP contribution in [0.4, 0.5) is 5.13 Å². The van der Waals surface area contributed by atoms with Gasteiger partial charge in [-0.05, 0) is 0 Å². The standard InChI is InChI=1S/C12H22N4S/c1-11(2)13-3-5-15-6-8-16(9-7-15)12-14-4-10-17-12/h4,10-11,13H,3,5-9H2,1-2H3. The number of nitrogens with zero attached hydrogens (tertiary/aromatic N) is 3. The van der Waals surface area contributed by atoms with E-state index in [9.17, 15) is 0 Å². The van der Waals surface area contributed by atoms with Gasteiger partial charge >= 0.3 is 0 Å². The molecule has 1 saturated heterocycles. The largest absolute Gasteiger partial charge is 0.346 e. The fourth-order valence-electron chi connectivity index (χ4n) is 2.05. The first-order chi connectivity index (χ1) is 8.25. The Labute approximate surface area is 108 Å². The third-order valence-electron chi connectivity index (χ3n) is 3.04. The number of aromatic nitrogens is 1. The number of piperazine rings is 1. The number of thiazole rings is 1. The van der Waals surface area contributed by atoms with Crippen LogP contribution in [0.15, 0.2) is 11.6 Å². The van der Waals surface area contributed by atoms with Crippen LogP contribution in [0.5, 0.6) is 0 Å². The van der Waals surface area contributed by atoms with Crippen LogP contribution in [-0.4, -0.2) is 55.2 Å². The van der Waals surface area contributed by atoms with Crippen molar-refractivity contribution in [1.29, 1.82) is 0 Å². The molecule has 0 saturated carbocycles. The second-order valence-corrected chi connectivity index (χ2v) is 5.63. The first-order valence-electron chi connectivity index (χ1n) is 6.36. The number of hydrogen-bond donors (Lipinski definition) is 1. The Morgan fingerprint density at radius 1 is 1.35 bits per heavy atom. The van der Waals surface area contributed by atoms with Gasteiger partial charge in [-0.1, -0.05) is 13.8 Å². The summed E-state index contributed by atoms with van der Waals surface area (Å²) in [5.41, 5.74) is 0. The van der Waals surface area contributed by atoms with Crippen LogP contribution in [0.1, 0.15) is 13.8 Å². The van der Waals surface area contributed by atoms with Crippen molar-refractivity contribution in [2.24, 2.45) is 0 Å². The van der Waals surface area contributed by atoms with Crippen molar-refractivity contribution in [3.05, 3.63) is 11.6 Å². The minimum Gasteiger partial charge on any atom is -0.346 e. The van der Waals surface area contributed by atoms with Crippen LogP contribution in [0.2, 0.25) is 0 Å². The van der Waals surface area contributed by atoms with Gasteiger partial charge in [-0.2, -0.15) is 0 Å². The molecule has 0 amide bonds. The van der Waals surface area contributed by atoms with Crippen molar-refractivity contribution >= 4 is 16.5 Å². The molecule has 0 unspecified atom stereocenters. The lowest BCUT2D eigenvalue weighted by molar-refractivity contribution is 0.255. The van der Waals surface area contributed by atoms with Crippen molar-refractivity contribution < 1.29 is 0 Å². The third kappa shape index (κ3) is 3.94. The molecular formula is C12H22N4S. The van der Waals surface area contributed by atoms with Crippen LogP contribution in [0.3, 0.4) is 0 Å². The van der Waals surface area contributed by atoms with E-state index in [0.29, 0.717) is 6.04 Å². The summed E-state index contributed by atoms with van der Waals surface area (Å²) in [7, 11) is 0. The summed E-state index contributed by atoms with van der Waals surface area (Å²) >= 11 is 1.74. The van der Waals surface area contributed by atoms with Crippen LogP contribution in [0.25, 0.3) is 0 Å². The quantitative estimate of drug-likeness (QED) is 0.857. The Hall–Kier alpha value is -0.650. The van der Waals surface area contributed by atoms with Crippen molar-refractivity contribution in [3.63, 3.8) is 0 Å². The molecule has 5 heteroatoms. The zero-order chi connectivity index (χ0) is 12.1. The molecule has 1 fully saturated rings. The second-order valence-electron chi connectivity index (χ2n) is 4.75. The summed E-state index contributed by atoms with van der Waals surface area (Å²) in [5.74, 6) is 0. The molecule has 0 aliphatic carbocycles. The summed E-state index contributed by atoms with van der Waals surface area (Å²) in [4.78, 5) is 9.28. The lowest BCUT2D eigenvalue weighted by Gasteiger charge is -2.34. The first kappa shape index (κ1) is 12.8. The van der Waals surface area contributed by atoms with Gasteiger partial charge in [0.2, 0.25) is 0 Å². The van der Waals surface area contributed by atoms with Crippen LogP contribution in [-0.2, 0) is 0 Å². The van der Waals surface area contributed by atoms with E-state index in [-0.39, 0.29) is 0 Å². The van der Waals surface area contributed by atoms with Gasteiger partial charge in [-0.25, -0.2) is 4.98 Å². The predicted molar refractivity (Wildman–Crippen MR) is 73.9 cm³/mol. The third-order valence-corrected chi connectivity index (χ3v) is 3.87. The van der Waals surface area contributed by atoms with E-state index in [4.69, 9.17) is 0 Å². The maximum absolute atomic E-state index is 4.36. The fraction of sp³-hybridized carbons (Fsp3) is 0.750. The number of rotatable bonds is 5. The Kier molecular flexibility index (Phi) is 4.76. The molecule has 96 valence electrons. The molecule has 1 aromatic heterocycles. The summed E-state index contributed by atoms with van der Waals surface area (Å²) in [6, 6.07) is 0.589. The average molecular weight is 254 g/mol. The number of nitrogens with one attached hydrogen (secondary N) is 1. The highest BCUT2D eigenvalue weighted by atomic mass is 32.1. The van der Waals surface area contributed by atoms with E-state index in [0.717, 1.165) is 39.3 Å². The molecule has 0 aromatic carbocycles. The molecule has 1 aliphatic heterocycles. The average Bonchev–Trinajstić information content (AvgIpc) is 2.83. The normalized spacial score (nSPS) is 17.9. The van der Waals surface area contributed by atoms with E-state index in [2.05, 4.69) is 33.9 Å². The summed E-state index contributed by atoms with van der Waals surface area (Å²) in [5, 5.41) is 6.69. The fourth-order valence-corrected chi connectivity index (χ4v) is 2.74. The minimum absolute atomic E-state index is 0.589. The van der Waals surface area contributed by atoms with Crippen molar-refractivity contribution in [1.82, 2.24) is 15.2 Å². The van der Waals surface area contributed by atoms with Gasteiger partial charge in [0.05, 0.1) is 0 Å². The topological polar surface area (TPSA) is 31.4 Å². The SMILES string of the molecule is CC(C)NCCN1CCN(c2nccs2)CC1. The molecule has 0 radical (unpaired) electrons. The molecule has 1 aliphatic rings. The Morgan fingerprint density at radius 3 is 2.71 bits per heavy atom.